The Morgan fingerprint density at radius 3 is 2.60 bits per heavy atom. The Kier molecular flexibility index (Phi) is 4.61. The van der Waals surface area contributed by atoms with Crippen molar-refractivity contribution in [1.82, 2.24) is 30.4 Å². The molecule has 0 aromatic carbocycles. The second kappa shape index (κ2) is 6.42. The lowest BCUT2D eigenvalue weighted by Crippen LogP contribution is -1.72. The van der Waals surface area contributed by atoms with E-state index in [2.05, 4.69) is 30.4 Å². The molecule has 0 fully saturated rings. The SMILES string of the molecule is Cc1[nH]nc2ncccc12.I.c1cnc2[nH]ncc2c1. The van der Waals surface area contributed by atoms with Crippen molar-refractivity contribution < 1.29 is 0 Å². The summed E-state index contributed by atoms with van der Waals surface area (Å²) in [7, 11) is 0. The highest BCUT2D eigenvalue weighted by molar-refractivity contribution is 14.0. The molecule has 0 aliphatic carbocycles. The normalized spacial score (nSPS) is 9.85. The van der Waals surface area contributed by atoms with Gasteiger partial charge in [-0.2, -0.15) is 10.2 Å². The van der Waals surface area contributed by atoms with Crippen molar-refractivity contribution in [2.45, 2.75) is 6.92 Å². The number of hydrogen-bond acceptors (Lipinski definition) is 4. The van der Waals surface area contributed by atoms with Gasteiger partial charge in [-0.05, 0) is 31.2 Å². The molecular weight excluding hydrogens is 367 g/mol. The van der Waals surface area contributed by atoms with E-state index >= 15 is 0 Å². The fourth-order valence-electron chi connectivity index (χ4n) is 1.75. The molecule has 4 aromatic rings. The van der Waals surface area contributed by atoms with Gasteiger partial charge in [0.15, 0.2) is 11.3 Å². The van der Waals surface area contributed by atoms with Crippen LogP contribution in [-0.2, 0) is 0 Å². The number of nitrogens with zero attached hydrogens (tertiary/aromatic N) is 4. The van der Waals surface area contributed by atoms with Crippen LogP contribution in [0, 0.1) is 6.92 Å². The van der Waals surface area contributed by atoms with E-state index in [1.165, 1.54) is 0 Å². The zero-order chi connectivity index (χ0) is 13.1. The molecule has 6 nitrogen and oxygen atoms in total. The minimum Gasteiger partial charge on any atom is -0.280 e. The summed E-state index contributed by atoms with van der Waals surface area (Å²) >= 11 is 0. The molecule has 0 saturated heterocycles. The highest BCUT2D eigenvalue weighted by atomic mass is 127. The maximum Gasteiger partial charge on any atom is 0.181 e. The van der Waals surface area contributed by atoms with Crippen LogP contribution in [0.15, 0.2) is 42.9 Å². The Labute approximate surface area is 132 Å². The third-order valence-corrected chi connectivity index (χ3v) is 2.73. The second-order valence-electron chi connectivity index (χ2n) is 4.03. The van der Waals surface area contributed by atoms with Gasteiger partial charge in [0, 0.05) is 28.9 Å². The molecule has 2 N–H and O–H groups in total. The Morgan fingerprint density at radius 2 is 1.80 bits per heavy atom. The van der Waals surface area contributed by atoms with Gasteiger partial charge in [-0.15, -0.1) is 24.0 Å². The number of pyridine rings is 2. The van der Waals surface area contributed by atoms with E-state index in [4.69, 9.17) is 0 Å². The first kappa shape index (κ1) is 14.4. The topological polar surface area (TPSA) is 83.1 Å². The molecule has 0 aliphatic heterocycles. The van der Waals surface area contributed by atoms with E-state index in [0.29, 0.717) is 0 Å². The predicted molar refractivity (Wildman–Crippen MR) is 87.9 cm³/mol. The second-order valence-corrected chi connectivity index (χ2v) is 4.03. The van der Waals surface area contributed by atoms with Gasteiger partial charge < -0.3 is 0 Å². The van der Waals surface area contributed by atoms with Gasteiger partial charge in [-0.1, -0.05) is 0 Å². The molecule has 0 bridgehead atoms. The Morgan fingerprint density at radius 1 is 1.00 bits per heavy atom. The third-order valence-electron chi connectivity index (χ3n) is 2.73. The van der Waals surface area contributed by atoms with Gasteiger partial charge in [-0.3, -0.25) is 10.2 Å². The molecule has 0 aliphatic rings. The standard InChI is InChI=1S/C7H7N3.C6H5N3.HI/c1-5-6-3-2-4-8-7(6)10-9-5;1-2-5-4-8-9-6(5)7-3-1;/h2-4H,1H3,(H,8,9,10);1-4H,(H,7,8,9);1H. The monoisotopic (exact) mass is 380 g/mol. The zero-order valence-electron chi connectivity index (χ0n) is 10.7. The number of halogens is 1. The lowest BCUT2D eigenvalue weighted by molar-refractivity contribution is 1.05. The molecule has 4 heterocycles. The molecule has 0 unspecified atom stereocenters. The van der Waals surface area contributed by atoms with Gasteiger partial charge in [0.25, 0.3) is 0 Å². The van der Waals surface area contributed by atoms with Crippen molar-refractivity contribution in [3.63, 3.8) is 0 Å². The molecular formula is C13H13IN6. The van der Waals surface area contributed by atoms with Crippen molar-refractivity contribution in [2.75, 3.05) is 0 Å². The summed E-state index contributed by atoms with van der Waals surface area (Å²) in [5, 5.41) is 15.6. The average Bonchev–Trinajstić information content (AvgIpc) is 3.07. The van der Waals surface area contributed by atoms with Gasteiger partial charge in [0.05, 0.1) is 6.20 Å². The summed E-state index contributed by atoms with van der Waals surface area (Å²) in [4.78, 5) is 8.08. The van der Waals surface area contributed by atoms with E-state index in [-0.39, 0.29) is 24.0 Å². The summed E-state index contributed by atoms with van der Waals surface area (Å²) in [5.74, 6) is 0. The van der Waals surface area contributed by atoms with Crippen molar-refractivity contribution in [3.05, 3.63) is 48.5 Å². The van der Waals surface area contributed by atoms with Crippen LogP contribution in [0.3, 0.4) is 0 Å². The maximum absolute atomic E-state index is 4.06. The van der Waals surface area contributed by atoms with E-state index in [0.717, 1.165) is 27.8 Å². The van der Waals surface area contributed by atoms with Crippen LogP contribution >= 0.6 is 24.0 Å². The van der Waals surface area contributed by atoms with Gasteiger partial charge in [-0.25, -0.2) is 9.97 Å². The number of rotatable bonds is 0. The minimum absolute atomic E-state index is 0. The Bertz CT molecular complexity index is 776. The fourth-order valence-corrected chi connectivity index (χ4v) is 1.75. The Hall–Kier alpha value is -2.03. The summed E-state index contributed by atoms with van der Waals surface area (Å²) in [5.41, 5.74) is 2.71. The highest BCUT2D eigenvalue weighted by Crippen LogP contribution is 2.10. The third kappa shape index (κ3) is 2.93. The zero-order valence-corrected chi connectivity index (χ0v) is 13.1. The molecule has 102 valence electrons. The number of aromatic nitrogens is 6. The highest BCUT2D eigenvalue weighted by Gasteiger charge is 1.97. The molecule has 4 rings (SSSR count). The van der Waals surface area contributed by atoms with Crippen molar-refractivity contribution in [3.8, 4) is 0 Å². The van der Waals surface area contributed by atoms with Crippen LogP contribution in [0.2, 0.25) is 0 Å². The molecule has 0 amide bonds. The van der Waals surface area contributed by atoms with Crippen LogP contribution < -0.4 is 0 Å². The van der Waals surface area contributed by atoms with Gasteiger partial charge in [0.1, 0.15) is 0 Å². The molecule has 4 aromatic heterocycles. The van der Waals surface area contributed by atoms with Crippen molar-refractivity contribution in [2.24, 2.45) is 0 Å². The molecule has 0 spiro atoms. The number of aromatic amines is 2. The number of hydrogen-bond donors (Lipinski definition) is 2. The fraction of sp³-hybridized carbons (Fsp3) is 0.0769. The van der Waals surface area contributed by atoms with E-state index in [9.17, 15) is 0 Å². The Balaban J connectivity index is 0.000000141. The maximum atomic E-state index is 4.06. The van der Waals surface area contributed by atoms with Gasteiger partial charge in [0.2, 0.25) is 0 Å². The molecule has 7 heteroatoms. The van der Waals surface area contributed by atoms with Crippen molar-refractivity contribution >= 4 is 46.0 Å². The minimum atomic E-state index is 0. The largest absolute Gasteiger partial charge is 0.280 e. The van der Waals surface area contributed by atoms with Crippen LogP contribution in [0.5, 0.6) is 0 Å². The van der Waals surface area contributed by atoms with E-state index in [1.807, 2.05) is 31.2 Å². The molecule has 0 saturated carbocycles. The van der Waals surface area contributed by atoms with Crippen LogP contribution in [0.4, 0.5) is 0 Å². The van der Waals surface area contributed by atoms with E-state index < -0.39 is 0 Å². The predicted octanol–water partition coefficient (Wildman–Crippen LogP) is 2.84. The summed E-state index contributed by atoms with van der Waals surface area (Å²) in [6.45, 7) is 1.98. The quantitative estimate of drug-likeness (QED) is 0.460. The number of nitrogens with one attached hydrogen (secondary N) is 2. The number of fused-ring (bicyclic) bond motifs is 2. The summed E-state index contributed by atoms with van der Waals surface area (Å²) in [6.07, 6.45) is 5.23. The lowest BCUT2D eigenvalue weighted by atomic mass is 10.3. The lowest BCUT2D eigenvalue weighted by Gasteiger charge is -1.83. The molecule has 0 atom stereocenters. The summed E-state index contributed by atoms with van der Waals surface area (Å²) < 4.78 is 0. The number of aryl methyl sites for hydroxylation is 1. The van der Waals surface area contributed by atoms with Crippen LogP contribution in [0.1, 0.15) is 5.69 Å². The number of H-pyrrole nitrogens is 2. The van der Waals surface area contributed by atoms with Crippen molar-refractivity contribution in [1.29, 1.82) is 0 Å². The van der Waals surface area contributed by atoms with Gasteiger partial charge >= 0.3 is 0 Å². The van der Waals surface area contributed by atoms with E-state index in [1.54, 1.807) is 18.6 Å². The average molecular weight is 380 g/mol. The summed E-state index contributed by atoms with van der Waals surface area (Å²) in [6, 6.07) is 7.76. The smallest absolute Gasteiger partial charge is 0.181 e. The first-order valence-electron chi connectivity index (χ1n) is 5.84. The molecule has 0 radical (unpaired) electrons. The molecule has 20 heavy (non-hydrogen) atoms. The van der Waals surface area contributed by atoms with Crippen LogP contribution in [-0.4, -0.2) is 30.4 Å². The first-order valence-corrected chi connectivity index (χ1v) is 5.84. The first-order chi connectivity index (χ1) is 9.34. The van der Waals surface area contributed by atoms with Crippen LogP contribution in [0.25, 0.3) is 22.1 Å².